The van der Waals surface area contributed by atoms with Crippen molar-refractivity contribution in [1.29, 1.82) is 5.26 Å². The van der Waals surface area contributed by atoms with Gasteiger partial charge in [0.15, 0.2) is 0 Å². The van der Waals surface area contributed by atoms with Gasteiger partial charge in [0, 0.05) is 12.3 Å². The van der Waals surface area contributed by atoms with Crippen molar-refractivity contribution in [2.75, 3.05) is 6.61 Å². The molecule has 6 bridgehead atoms. The Morgan fingerprint density at radius 2 is 1.24 bits per heavy atom. The number of cyclic esters (lactones) is 1. The van der Waals surface area contributed by atoms with Crippen LogP contribution in [0.25, 0.3) is 0 Å². The molecule has 0 N–H and O–H groups in total. The Hall–Kier alpha value is -2.63. The number of fused-ring (bicyclic) bond motifs is 2. The highest BCUT2D eigenvalue weighted by Crippen LogP contribution is 2.59. The number of hydrogen-bond acceptors (Lipinski definition) is 9. The molecule has 1 heterocycles. The average Bonchev–Trinajstić information content (AvgIpc) is 3.79. The molecule has 0 aromatic heterocycles. The van der Waals surface area contributed by atoms with Gasteiger partial charge in [-0.25, -0.2) is 4.79 Å². The Kier molecular flexibility index (Phi) is 12.5. The number of rotatable bonds is 9. The maximum absolute atomic E-state index is 12.5. The third-order valence-corrected chi connectivity index (χ3v) is 13.7. The van der Waals surface area contributed by atoms with Gasteiger partial charge in [-0.2, -0.15) is 5.26 Å². The molecule has 7 fully saturated rings. The second kappa shape index (κ2) is 15.5. The lowest BCUT2D eigenvalue weighted by molar-refractivity contribution is -0.211. The van der Waals surface area contributed by atoms with E-state index in [-0.39, 0.29) is 46.4 Å². The first-order valence-corrected chi connectivity index (χ1v) is 19.5. The fraction of sp³-hybridized carbons (Fsp3) is 0.878. The zero-order valence-electron chi connectivity index (χ0n) is 32.6. The van der Waals surface area contributed by atoms with Gasteiger partial charge < -0.3 is 18.9 Å². The van der Waals surface area contributed by atoms with Gasteiger partial charge in [-0.05, 0) is 155 Å². The predicted octanol–water partition coefficient (Wildman–Crippen LogP) is 8.37. The van der Waals surface area contributed by atoms with Crippen molar-refractivity contribution < 1.29 is 38.1 Å². The Morgan fingerprint density at radius 1 is 0.740 bits per heavy atom. The first kappa shape index (κ1) is 40.1. The summed E-state index contributed by atoms with van der Waals surface area (Å²) >= 11 is 0. The van der Waals surface area contributed by atoms with Crippen molar-refractivity contribution in [1.82, 2.24) is 0 Å². The van der Waals surface area contributed by atoms with E-state index in [0.29, 0.717) is 43.1 Å². The first-order chi connectivity index (χ1) is 23.3. The minimum absolute atomic E-state index is 0.0185. The summed E-state index contributed by atoms with van der Waals surface area (Å²) in [7, 11) is 0. The summed E-state index contributed by atoms with van der Waals surface area (Å²) in [6.07, 6.45) is 11.7. The molecule has 50 heavy (non-hydrogen) atoms. The maximum Gasteiger partial charge on any atom is 0.347 e. The van der Waals surface area contributed by atoms with Crippen LogP contribution >= 0.6 is 0 Å². The fourth-order valence-corrected chi connectivity index (χ4v) is 8.75. The third kappa shape index (κ3) is 8.69. The first-order valence-electron chi connectivity index (χ1n) is 19.5. The molecule has 6 saturated carbocycles. The van der Waals surface area contributed by atoms with Crippen LogP contribution in [0.3, 0.4) is 0 Å². The van der Waals surface area contributed by atoms with Gasteiger partial charge in [0.05, 0.1) is 28.9 Å². The van der Waals surface area contributed by atoms with Crippen molar-refractivity contribution in [3.8, 4) is 6.07 Å². The normalized spacial score (nSPS) is 35.1. The lowest BCUT2D eigenvalue weighted by Gasteiger charge is -2.59. The molecule has 0 aromatic carbocycles. The molecule has 0 aromatic rings. The van der Waals surface area contributed by atoms with Crippen LogP contribution in [-0.2, 0) is 38.1 Å². The van der Waals surface area contributed by atoms with Crippen LogP contribution in [0, 0.1) is 69.0 Å². The molecule has 0 spiro atoms. The van der Waals surface area contributed by atoms with Gasteiger partial charge in [-0.15, -0.1) is 0 Å². The second-order valence-electron chi connectivity index (χ2n) is 18.3. The van der Waals surface area contributed by atoms with Crippen LogP contribution in [0.2, 0.25) is 0 Å². The molecular formula is C41H65NO8. The van der Waals surface area contributed by atoms with Crippen LogP contribution in [0.4, 0.5) is 0 Å². The number of ether oxygens (including phenoxy) is 4. The zero-order chi connectivity index (χ0) is 37.2. The summed E-state index contributed by atoms with van der Waals surface area (Å²) in [5.74, 6) is 3.38. The lowest BCUT2D eigenvalue weighted by atomic mass is 9.50. The highest BCUT2D eigenvalue weighted by Gasteiger charge is 2.57. The largest absolute Gasteiger partial charge is 0.463 e. The van der Waals surface area contributed by atoms with Crippen LogP contribution in [0.15, 0.2) is 0 Å². The summed E-state index contributed by atoms with van der Waals surface area (Å²) < 4.78 is 21.5. The van der Waals surface area contributed by atoms with E-state index in [2.05, 4.69) is 19.9 Å². The number of nitrogens with zero attached hydrogens (tertiary/aromatic N) is 1. The third-order valence-electron chi connectivity index (χ3n) is 13.7. The Bertz CT molecular complexity index is 1270. The molecule has 0 amide bonds. The molecule has 5 atom stereocenters. The summed E-state index contributed by atoms with van der Waals surface area (Å²) in [5, 5.41) is 8.97. The minimum atomic E-state index is -0.687. The van der Waals surface area contributed by atoms with E-state index < -0.39 is 17.5 Å². The lowest BCUT2D eigenvalue weighted by Crippen LogP contribution is -2.58. The Labute approximate surface area is 301 Å². The molecule has 9 nitrogen and oxygen atoms in total. The molecule has 5 unspecified atom stereocenters. The molecule has 0 radical (unpaired) electrons. The van der Waals surface area contributed by atoms with Crippen molar-refractivity contribution in [2.24, 2.45) is 57.7 Å². The zero-order valence-corrected chi connectivity index (χ0v) is 32.6. The SMILES string of the molecule is CCC(C)(C)C(=O)OC1(C)C2CC3CC(C2)CC1C3.CCC(C)(C)C(=O)OC1CC2CC1CC2C#N.CCC(C)(C)C(=O)OC1CCOC1=O. The van der Waals surface area contributed by atoms with E-state index >= 15 is 0 Å². The predicted molar refractivity (Wildman–Crippen MR) is 189 cm³/mol. The minimum Gasteiger partial charge on any atom is -0.463 e. The smallest absolute Gasteiger partial charge is 0.347 e. The quantitative estimate of drug-likeness (QED) is 0.172. The number of nitriles is 1. The highest BCUT2D eigenvalue weighted by molar-refractivity contribution is 5.82. The average molecular weight is 700 g/mol. The van der Waals surface area contributed by atoms with Gasteiger partial charge in [-0.3, -0.25) is 14.4 Å². The van der Waals surface area contributed by atoms with Crippen LogP contribution < -0.4 is 0 Å². The summed E-state index contributed by atoms with van der Waals surface area (Å²) in [4.78, 5) is 47.1. The summed E-state index contributed by atoms with van der Waals surface area (Å²) in [6.45, 7) is 20.0. The van der Waals surface area contributed by atoms with Gasteiger partial charge in [-0.1, -0.05) is 20.8 Å². The van der Waals surface area contributed by atoms with Gasteiger partial charge in [0.25, 0.3) is 0 Å². The monoisotopic (exact) mass is 699 g/mol. The van der Waals surface area contributed by atoms with Crippen molar-refractivity contribution >= 4 is 23.9 Å². The van der Waals surface area contributed by atoms with Gasteiger partial charge in [0.2, 0.25) is 6.10 Å². The number of carbonyl (C=O) groups excluding carboxylic acids is 4. The molecule has 282 valence electrons. The molecule has 1 aliphatic heterocycles. The Balaban J connectivity index is 0.000000171. The summed E-state index contributed by atoms with van der Waals surface area (Å²) in [5.41, 5.74) is -1.41. The second-order valence-corrected chi connectivity index (χ2v) is 18.3. The maximum atomic E-state index is 12.5. The molecule has 1 saturated heterocycles. The topological polar surface area (TPSA) is 129 Å². The number of hydrogen-bond donors (Lipinski definition) is 0. The molecule has 7 rings (SSSR count). The van der Waals surface area contributed by atoms with Gasteiger partial charge in [0.1, 0.15) is 11.7 Å². The molecule has 6 aliphatic carbocycles. The molecule has 9 heteroatoms. The van der Waals surface area contributed by atoms with E-state index in [0.717, 1.165) is 43.9 Å². The number of esters is 4. The van der Waals surface area contributed by atoms with Crippen LogP contribution in [0.5, 0.6) is 0 Å². The van der Waals surface area contributed by atoms with E-state index in [1.165, 1.54) is 32.1 Å². The van der Waals surface area contributed by atoms with E-state index in [1.54, 1.807) is 13.8 Å². The van der Waals surface area contributed by atoms with E-state index in [9.17, 15) is 19.2 Å². The standard InChI is InChI=1S/C17H28O2.C14H21NO2.C10H16O4/c1-5-16(2,3)15(18)19-17(4)13-7-11-6-12(9-13)10-14(17)8-11;1-4-14(2,3)13(16)17-12-7-9-5-10(12)6-11(9)8-15;1-4-10(2,3)9(12)14-7-5-6-13-8(7)11/h11-14H,5-10H2,1-4H3;9-12H,4-7H2,1-3H3;7H,4-6H2,1-3H3. The number of carbonyl (C=O) groups is 4. The van der Waals surface area contributed by atoms with Crippen molar-refractivity contribution in [2.45, 2.75) is 164 Å². The molecular weight excluding hydrogens is 634 g/mol. The van der Waals surface area contributed by atoms with Crippen molar-refractivity contribution in [3.63, 3.8) is 0 Å². The molecule has 7 aliphatic rings. The van der Waals surface area contributed by atoms with E-state index in [1.807, 2.05) is 41.5 Å². The Morgan fingerprint density at radius 3 is 1.66 bits per heavy atom. The summed E-state index contributed by atoms with van der Waals surface area (Å²) in [6, 6.07) is 2.37. The fourth-order valence-electron chi connectivity index (χ4n) is 8.75. The van der Waals surface area contributed by atoms with Crippen LogP contribution in [-0.4, -0.2) is 48.3 Å². The highest BCUT2D eigenvalue weighted by atomic mass is 16.6. The van der Waals surface area contributed by atoms with E-state index in [4.69, 9.17) is 24.2 Å². The van der Waals surface area contributed by atoms with Crippen LogP contribution in [0.1, 0.15) is 146 Å². The van der Waals surface area contributed by atoms with Gasteiger partial charge >= 0.3 is 23.9 Å². The van der Waals surface area contributed by atoms with Crippen molar-refractivity contribution in [3.05, 3.63) is 0 Å².